The molecule has 0 aliphatic heterocycles. The highest BCUT2D eigenvalue weighted by atomic mass is 16.5. The zero-order valence-corrected chi connectivity index (χ0v) is 12.6. The minimum Gasteiger partial charge on any atom is -0.489 e. The van der Waals surface area contributed by atoms with Crippen molar-refractivity contribution in [3.05, 3.63) is 66.2 Å². The van der Waals surface area contributed by atoms with E-state index in [0.29, 0.717) is 13.0 Å². The van der Waals surface area contributed by atoms with Gasteiger partial charge in [-0.3, -0.25) is 0 Å². The van der Waals surface area contributed by atoms with E-state index in [1.807, 2.05) is 49.4 Å². The molecule has 0 amide bonds. The molecule has 2 nitrogen and oxygen atoms in total. The monoisotopic (exact) mass is 282 g/mol. The first kappa shape index (κ1) is 15.3. The van der Waals surface area contributed by atoms with Gasteiger partial charge in [0.15, 0.2) is 0 Å². The van der Waals surface area contributed by atoms with Crippen molar-refractivity contribution in [2.24, 2.45) is 0 Å². The van der Waals surface area contributed by atoms with Gasteiger partial charge in [0.2, 0.25) is 0 Å². The Balaban J connectivity index is 2.08. The average molecular weight is 282 g/mol. The third-order valence-electron chi connectivity index (χ3n) is 3.26. The van der Waals surface area contributed by atoms with Gasteiger partial charge in [0.1, 0.15) is 12.4 Å². The van der Waals surface area contributed by atoms with Crippen LogP contribution >= 0.6 is 0 Å². The lowest BCUT2D eigenvalue weighted by Gasteiger charge is -2.11. The molecule has 0 radical (unpaired) electrons. The fourth-order valence-corrected chi connectivity index (χ4v) is 2.27. The number of para-hydroxylation sites is 1. The molecule has 0 aromatic heterocycles. The highest BCUT2D eigenvalue weighted by Crippen LogP contribution is 2.29. The van der Waals surface area contributed by atoms with E-state index in [1.54, 1.807) is 6.92 Å². The zero-order valence-electron chi connectivity index (χ0n) is 12.6. The summed E-state index contributed by atoms with van der Waals surface area (Å²) >= 11 is 0. The third-order valence-corrected chi connectivity index (χ3v) is 3.26. The van der Waals surface area contributed by atoms with E-state index in [1.165, 1.54) is 0 Å². The summed E-state index contributed by atoms with van der Waals surface area (Å²) in [6, 6.07) is 18.3. The second-order valence-electron chi connectivity index (χ2n) is 5.28. The molecule has 1 unspecified atom stereocenters. The quantitative estimate of drug-likeness (QED) is 0.793. The summed E-state index contributed by atoms with van der Waals surface area (Å²) < 4.78 is 5.89. The van der Waals surface area contributed by atoms with E-state index < -0.39 is 0 Å². The highest BCUT2D eigenvalue weighted by molar-refractivity contribution is 5.70. The van der Waals surface area contributed by atoms with Crippen LogP contribution in [0.2, 0.25) is 0 Å². The number of aliphatic hydroxyl groups is 1. The first-order chi connectivity index (χ1) is 10.2. The second kappa shape index (κ2) is 7.65. The molecule has 1 N–H and O–H groups in total. The molecule has 21 heavy (non-hydrogen) atoms. The van der Waals surface area contributed by atoms with E-state index in [4.69, 9.17) is 4.74 Å². The van der Waals surface area contributed by atoms with Gasteiger partial charge in [0.05, 0.1) is 6.10 Å². The van der Waals surface area contributed by atoms with Gasteiger partial charge in [-0.05, 0) is 38.0 Å². The average Bonchev–Trinajstić information content (AvgIpc) is 2.48. The molecule has 2 heteroatoms. The van der Waals surface area contributed by atoms with Gasteiger partial charge in [-0.1, -0.05) is 54.1 Å². The molecular weight excluding hydrogens is 260 g/mol. The summed E-state index contributed by atoms with van der Waals surface area (Å²) in [7, 11) is 0. The predicted molar refractivity (Wildman–Crippen MR) is 87.4 cm³/mol. The lowest BCUT2D eigenvalue weighted by Crippen LogP contribution is -2.02. The lowest BCUT2D eigenvalue weighted by molar-refractivity contribution is 0.195. The van der Waals surface area contributed by atoms with Crippen LogP contribution in [0.3, 0.4) is 0 Å². The Labute approximate surface area is 126 Å². The highest BCUT2D eigenvalue weighted by Gasteiger charge is 2.04. The number of hydrogen-bond donors (Lipinski definition) is 1. The van der Waals surface area contributed by atoms with Crippen molar-refractivity contribution in [2.45, 2.75) is 26.4 Å². The lowest BCUT2D eigenvalue weighted by atomic mass is 10.1. The van der Waals surface area contributed by atoms with Crippen LogP contribution in [0.1, 0.15) is 20.3 Å². The Morgan fingerprint density at radius 3 is 2.48 bits per heavy atom. The minimum atomic E-state index is -0.308. The Morgan fingerprint density at radius 1 is 1.10 bits per heavy atom. The fraction of sp³-hybridized carbons (Fsp3) is 0.263. The van der Waals surface area contributed by atoms with Crippen molar-refractivity contribution < 1.29 is 9.84 Å². The molecule has 2 rings (SSSR count). The maximum atomic E-state index is 9.35. The van der Waals surface area contributed by atoms with Crippen molar-refractivity contribution in [3.63, 3.8) is 0 Å². The molecule has 0 bridgehead atoms. The normalized spacial score (nSPS) is 13.0. The second-order valence-corrected chi connectivity index (χ2v) is 5.28. The maximum absolute atomic E-state index is 9.35. The molecule has 0 aliphatic carbocycles. The van der Waals surface area contributed by atoms with E-state index in [0.717, 1.165) is 22.4 Å². The summed E-state index contributed by atoms with van der Waals surface area (Å²) in [4.78, 5) is 0. The van der Waals surface area contributed by atoms with Gasteiger partial charge < -0.3 is 9.84 Å². The Kier molecular flexibility index (Phi) is 5.59. The van der Waals surface area contributed by atoms with Crippen molar-refractivity contribution in [3.8, 4) is 16.9 Å². The molecule has 110 valence electrons. The van der Waals surface area contributed by atoms with Crippen LogP contribution < -0.4 is 4.74 Å². The topological polar surface area (TPSA) is 29.5 Å². The summed E-state index contributed by atoms with van der Waals surface area (Å²) in [6.45, 7) is 4.32. The molecule has 0 fully saturated rings. The summed E-state index contributed by atoms with van der Waals surface area (Å²) in [5, 5.41) is 9.35. The van der Waals surface area contributed by atoms with Gasteiger partial charge in [-0.25, -0.2) is 0 Å². The SMILES string of the molecule is CC(=CCOc1ccccc1-c1ccccc1)CC(C)O. The number of hydrogen-bond acceptors (Lipinski definition) is 2. The minimum absolute atomic E-state index is 0.308. The summed E-state index contributed by atoms with van der Waals surface area (Å²) in [5.41, 5.74) is 3.39. The van der Waals surface area contributed by atoms with Gasteiger partial charge in [-0.15, -0.1) is 0 Å². The number of rotatable bonds is 6. The van der Waals surface area contributed by atoms with Gasteiger partial charge in [0, 0.05) is 5.56 Å². The number of benzene rings is 2. The van der Waals surface area contributed by atoms with Crippen molar-refractivity contribution in [2.75, 3.05) is 6.61 Å². The van der Waals surface area contributed by atoms with Crippen LogP contribution in [0.4, 0.5) is 0 Å². The maximum Gasteiger partial charge on any atom is 0.127 e. The predicted octanol–water partition coefficient (Wildman–Crippen LogP) is 4.45. The molecule has 2 aromatic rings. The molecule has 2 aromatic carbocycles. The summed E-state index contributed by atoms with van der Waals surface area (Å²) in [5.74, 6) is 0.879. The van der Waals surface area contributed by atoms with Crippen LogP contribution in [0.15, 0.2) is 66.2 Å². The van der Waals surface area contributed by atoms with Gasteiger partial charge >= 0.3 is 0 Å². The number of aliphatic hydroxyl groups excluding tert-OH is 1. The van der Waals surface area contributed by atoms with E-state index >= 15 is 0 Å². The standard InChI is InChI=1S/C19H22O2/c1-15(14-16(2)20)12-13-21-19-11-7-6-10-18(19)17-8-4-3-5-9-17/h3-12,16,20H,13-14H2,1-2H3. The van der Waals surface area contributed by atoms with E-state index in [2.05, 4.69) is 18.2 Å². The largest absolute Gasteiger partial charge is 0.489 e. The first-order valence-corrected chi connectivity index (χ1v) is 7.28. The zero-order chi connectivity index (χ0) is 15.1. The molecule has 0 aliphatic rings. The summed E-state index contributed by atoms with van der Waals surface area (Å²) in [6.07, 6.45) is 2.40. The van der Waals surface area contributed by atoms with Crippen molar-refractivity contribution in [1.82, 2.24) is 0 Å². The van der Waals surface area contributed by atoms with Crippen LogP contribution in [0.5, 0.6) is 5.75 Å². The van der Waals surface area contributed by atoms with Crippen LogP contribution in [0, 0.1) is 0 Å². The molecule has 0 saturated heterocycles. The number of ether oxygens (including phenoxy) is 1. The van der Waals surface area contributed by atoms with Crippen molar-refractivity contribution >= 4 is 0 Å². The van der Waals surface area contributed by atoms with Crippen LogP contribution in [-0.2, 0) is 0 Å². The molecule has 0 spiro atoms. The van der Waals surface area contributed by atoms with Crippen molar-refractivity contribution in [1.29, 1.82) is 0 Å². The molecular formula is C19H22O2. The van der Waals surface area contributed by atoms with E-state index in [9.17, 15) is 5.11 Å². The van der Waals surface area contributed by atoms with Crippen LogP contribution in [-0.4, -0.2) is 17.8 Å². The van der Waals surface area contributed by atoms with Gasteiger partial charge in [-0.2, -0.15) is 0 Å². The fourth-order valence-electron chi connectivity index (χ4n) is 2.27. The Bertz CT molecular complexity index is 586. The molecule has 0 heterocycles. The van der Waals surface area contributed by atoms with Gasteiger partial charge in [0.25, 0.3) is 0 Å². The first-order valence-electron chi connectivity index (χ1n) is 7.28. The van der Waals surface area contributed by atoms with Crippen LogP contribution in [0.25, 0.3) is 11.1 Å². The molecule has 1 atom stereocenters. The Hall–Kier alpha value is -2.06. The Morgan fingerprint density at radius 2 is 1.76 bits per heavy atom. The molecule has 0 saturated carbocycles. The third kappa shape index (κ3) is 4.76. The van der Waals surface area contributed by atoms with E-state index in [-0.39, 0.29) is 6.10 Å². The smallest absolute Gasteiger partial charge is 0.127 e.